The highest BCUT2D eigenvalue weighted by Crippen LogP contribution is 2.21. The molecule has 0 saturated carbocycles. The van der Waals surface area contributed by atoms with Gasteiger partial charge in [0.2, 0.25) is 5.91 Å². The first-order valence-corrected chi connectivity index (χ1v) is 7.12. The fourth-order valence-corrected chi connectivity index (χ4v) is 2.33. The molecule has 0 aliphatic rings. The topological polar surface area (TPSA) is 46.2 Å². The van der Waals surface area contributed by atoms with E-state index in [1.54, 1.807) is 11.8 Å². The zero-order chi connectivity index (χ0) is 13.4. The highest BCUT2D eigenvalue weighted by Gasteiger charge is 2.00. The van der Waals surface area contributed by atoms with Crippen molar-refractivity contribution < 1.29 is 9.59 Å². The largest absolute Gasteiger partial charge is 0.326 e. The van der Waals surface area contributed by atoms with Crippen LogP contribution in [0.5, 0.6) is 0 Å². The highest BCUT2D eigenvalue weighted by atomic mass is 32.2. The second-order valence-electron chi connectivity index (χ2n) is 4.05. The lowest BCUT2D eigenvalue weighted by molar-refractivity contribution is -0.118. The number of hydrogen-bond donors (Lipinski definition) is 1. The number of carbonyl (C=O) groups is 2. The van der Waals surface area contributed by atoms with Crippen molar-refractivity contribution in [2.45, 2.75) is 38.0 Å². The van der Waals surface area contributed by atoms with Gasteiger partial charge in [0.15, 0.2) is 0 Å². The molecule has 1 rings (SSSR count). The maximum atomic E-state index is 11.1. The Morgan fingerprint density at radius 1 is 1.22 bits per heavy atom. The minimum absolute atomic E-state index is 0.0616. The number of rotatable bonds is 7. The smallest absolute Gasteiger partial charge is 0.221 e. The molecule has 0 radical (unpaired) electrons. The van der Waals surface area contributed by atoms with Crippen molar-refractivity contribution in [2.75, 3.05) is 11.1 Å². The standard InChI is InChI=1S/C14H19NO2S/c1-3-13(17)5-4-10-18-14-8-6-12(7-9-14)15-11(2)16/h6-9H,3-5,10H2,1-2H3,(H,15,16). The van der Waals surface area contributed by atoms with Crippen molar-refractivity contribution in [3.05, 3.63) is 24.3 Å². The molecule has 0 bridgehead atoms. The predicted octanol–water partition coefficient (Wildman–Crippen LogP) is 3.50. The molecule has 1 aromatic carbocycles. The number of amides is 1. The SMILES string of the molecule is CCC(=O)CCCSc1ccc(NC(C)=O)cc1. The lowest BCUT2D eigenvalue weighted by Crippen LogP contribution is -2.05. The number of anilines is 1. The molecule has 4 heteroatoms. The third-order valence-corrected chi connectivity index (χ3v) is 3.54. The lowest BCUT2D eigenvalue weighted by atomic mass is 10.2. The van der Waals surface area contributed by atoms with Gasteiger partial charge in [-0.25, -0.2) is 0 Å². The van der Waals surface area contributed by atoms with E-state index in [4.69, 9.17) is 0 Å². The normalized spacial score (nSPS) is 10.1. The summed E-state index contributed by atoms with van der Waals surface area (Å²) in [6.45, 7) is 3.39. The summed E-state index contributed by atoms with van der Waals surface area (Å²) in [5.41, 5.74) is 0.813. The zero-order valence-corrected chi connectivity index (χ0v) is 11.7. The summed E-state index contributed by atoms with van der Waals surface area (Å²) in [6, 6.07) is 7.75. The van der Waals surface area contributed by atoms with Crippen LogP contribution in [-0.2, 0) is 9.59 Å². The van der Waals surface area contributed by atoms with Gasteiger partial charge in [0.25, 0.3) is 0 Å². The first kappa shape index (κ1) is 14.8. The number of ketones is 1. The average Bonchev–Trinajstić information content (AvgIpc) is 2.35. The molecule has 98 valence electrons. The molecule has 0 saturated heterocycles. The summed E-state index contributed by atoms with van der Waals surface area (Å²) in [7, 11) is 0. The van der Waals surface area contributed by atoms with Crippen LogP contribution < -0.4 is 5.32 Å². The predicted molar refractivity (Wildman–Crippen MR) is 76.0 cm³/mol. The van der Waals surface area contributed by atoms with Crippen LogP contribution in [0.1, 0.15) is 33.1 Å². The quantitative estimate of drug-likeness (QED) is 0.606. The van der Waals surface area contributed by atoms with Gasteiger partial charge >= 0.3 is 0 Å². The molecule has 0 heterocycles. The van der Waals surface area contributed by atoms with Crippen LogP contribution in [0.25, 0.3) is 0 Å². The van der Waals surface area contributed by atoms with Crippen LogP contribution in [0, 0.1) is 0 Å². The Morgan fingerprint density at radius 3 is 2.44 bits per heavy atom. The fraction of sp³-hybridized carbons (Fsp3) is 0.429. The van der Waals surface area contributed by atoms with E-state index in [-0.39, 0.29) is 5.91 Å². The first-order chi connectivity index (χ1) is 8.61. The van der Waals surface area contributed by atoms with Gasteiger partial charge in [-0.15, -0.1) is 11.8 Å². The van der Waals surface area contributed by atoms with Gasteiger partial charge in [-0.1, -0.05) is 6.92 Å². The number of hydrogen-bond acceptors (Lipinski definition) is 3. The van der Waals surface area contributed by atoms with Crippen LogP contribution in [-0.4, -0.2) is 17.4 Å². The van der Waals surface area contributed by atoms with E-state index >= 15 is 0 Å². The van der Waals surface area contributed by atoms with Crippen molar-refractivity contribution >= 4 is 29.1 Å². The second-order valence-corrected chi connectivity index (χ2v) is 5.22. The summed E-state index contributed by atoms with van der Waals surface area (Å²) in [4.78, 5) is 23.1. The van der Waals surface area contributed by atoms with Crippen LogP contribution in [0.2, 0.25) is 0 Å². The van der Waals surface area contributed by atoms with Crippen molar-refractivity contribution in [1.82, 2.24) is 0 Å². The molecule has 0 atom stereocenters. The number of nitrogens with one attached hydrogen (secondary N) is 1. The minimum atomic E-state index is -0.0616. The molecule has 18 heavy (non-hydrogen) atoms. The van der Waals surface area contributed by atoms with Crippen molar-refractivity contribution in [2.24, 2.45) is 0 Å². The molecule has 0 aliphatic carbocycles. The van der Waals surface area contributed by atoms with E-state index < -0.39 is 0 Å². The van der Waals surface area contributed by atoms with E-state index in [0.29, 0.717) is 18.6 Å². The van der Waals surface area contributed by atoms with E-state index in [0.717, 1.165) is 22.8 Å². The minimum Gasteiger partial charge on any atom is -0.326 e. The van der Waals surface area contributed by atoms with Crippen molar-refractivity contribution in [3.63, 3.8) is 0 Å². The third kappa shape index (κ3) is 5.87. The van der Waals surface area contributed by atoms with Crippen molar-refractivity contribution in [3.8, 4) is 0 Å². The van der Waals surface area contributed by atoms with Crippen LogP contribution >= 0.6 is 11.8 Å². The number of benzene rings is 1. The summed E-state index contributed by atoms with van der Waals surface area (Å²) < 4.78 is 0. The van der Waals surface area contributed by atoms with E-state index in [2.05, 4.69) is 5.32 Å². The molecule has 0 spiro atoms. The van der Waals surface area contributed by atoms with Crippen LogP contribution in [0.4, 0.5) is 5.69 Å². The average molecular weight is 265 g/mol. The Morgan fingerprint density at radius 2 is 1.89 bits per heavy atom. The zero-order valence-electron chi connectivity index (χ0n) is 10.9. The number of Topliss-reactive ketones (excluding diaryl/α,β-unsaturated/α-hetero) is 1. The van der Waals surface area contributed by atoms with E-state index in [1.165, 1.54) is 6.92 Å². The van der Waals surface area contributed by atoms with E-state index in [9.17, 15) is 9.59 Å². The van der Waals surface area contributed by atoms with Gasteiger partial charge in [0.05, 0.1) is 0 Å². The molecule has 0 fully saturated rings. The Labute approximate surface area is 112 Å². The van der Waals surface area contributed by atoms with Gasteiger partial charge in [-0.05, 0) is 36.4 Å². The molecular weight excluding hydrogens is 246 g/mol. The number of thioether (sulfide) groups is 1. The Balaban J connectivity index is 2.31. The third-order valence-electron chi connectivity index (χ3n) is 2.44. The van der Waals surface area contributed by atoms with Gasteiger partial charge in [-0.2, -0.15) is 0 Å². The molecule has 0 aliphatic heterocycles. The molecule has 0 unspecified atom stereocenters. The molecule has 3 nitrogen and oxygen atoms in total. The molecular formula is C14H19NO2S. The Hall–Kier alpha value is -1.29. The number of carbonyl (C=O) groups excluding carboxylic acids is 2. The van der Waals surface area contributed by atoms with Gasteiger partial charge in [-0.3, -0.25) is 9.59 Å². The second kappa shape index (κ2) is 7.93. The monoisotopic (exact) mass is 265 g/mol. The maximum absolute atomic E-state index is 11.1. The van der Waals surface area contributed by atoms with E-state index in [1.807, 2.05) is 31.2 Å². The van der Waals surface area contributed by atoms with Crippen LogP contribution in [0.3, 0.4) is 0 Å². The highest BCUT2D eigenvalue weighted by molar-refractivity contribution is 7.99. The van der Waals surface area contributed by atoms with Crippen molar-refractivity contribution in [1.29, 1.82) is 0 Å². The molecule has 0 aromatic heterocycles. The summed E-state index contributed by atoms with van der Waals surface area (Å²) in [5, 5.41) is 2.73. The van der Waals surface area contributed by atoms with Gasteiger partial charge in [0, 0.05) is 30.3 Å². The molecule has 1 amide bonds. The lowest BCUT2D eigenvalue weighted by Gasteiger charge is -2.04. The van der Waals surface area contributed by atoms with Crippen LogP contribution in [0.15, 0.2) is 29.2 Å². The molecule has 1 N–H and O–H groups in total. The molecule has 1 aromatic rings. The van der Waals surface area contributed by atoms with Gasteiger partial charge in [0.1, 0.15) is 5.78 Å². The Bertz CT molecular complexity index is 401. The first-order valence-electron chi connectivity index (χ1n) is 6.14. The van der Waals surface area contributed by atoms with Gasteiger partial charge < -0.3 is 5.32 Å². The maximum Gasteiger partial charge on any atom is 0.221 e. The summed E-state index contributed by atoms with van der Waals surface area (Å²) >= 11 is 1.74. The summed E-state index contributed by atoms with van der Waals surface area (Å²) in [6.07, 6.45) is 2.23. The fourth-order valence-electron chi connectivity index (χ4n) is 1.47. The summed E-state index contributed by atoms with van der Waals surface area (Å²) in [5.74, 6) is 1.22. The Kier molecular flexibility index (Phi) is 6.50.